The predicted molar refractivity (Wildman–Crippen MR) is 99.2 cm³/mol. The third kappa shape index (κ3) is 4.39. The van der Waals surface area contributed by atoms with E-state index in [0.29, 0.717) is 22.6 Å². The smallest absolute Gasteiger partial charge is 0.267 e. The largest absolute Gasteiger partial charge is 0.508 e. The Balaban J connectivity index is 2.33. The summed E-state index contributed by atoms with van der Waals surface area (Å²) in [6, 6.07) is 12.8. The van der Waals surface area contributed by atoms with Gasteiger partial charge in [0.2, 0.25) is 5.91 Å². The Bertz CT molecular complexity index is 929. The predicted octanol–water partition coefficient (Wildman–Crippen LogP) is 2.68. The Morgan fingerprint density at radius 3 is 2.58 bits per heavy atom. The van der Waals surface area contributed by atoms with Crippen LogP contribution < -0.4 is 16.0 Å². The molecule has 2 aromatic carbocycles. The fraction of sp³-hybridized carbons (Fsp3) is 0.105. The van der Waals surface area contributed by atoms with Crippen LogP contribution >= 0.6 is 0 Å². The molecule has 26 heavy (non-hydrogen) atoms. The molecule has 0 bridgehead atoms. The zero-order valence-corrected chi connectivity index (χ0v) is 14.4. The van der Waals surface area contributed by atoms with Crippen LogP contribution in [0.2, 0.25) is 0 Å². The Kier molecular flexibility index (Phi) is 5.60. The molecule has 4 N–H and O–H groups in total. The van der Waals surface area contributed by atoms with E-state index in [-0.39, 0.29) is 17.2 Å². The minimum Gasteiger partial charge on any atom is -0.508 e. The highest BCUT2D eigenvalue weighted by molar-refractivity contribution is 6.08. The molecule has 132 valence electrons. The number of nitrogens with zero attached hydrogens (tertiary/aromatic N) is 2. The fourth-order valence-corrected chi connectivity index (χ4v) is 2.27. The van der Waals surface area contributed by atoms with E-state index in [4.69, 9.17) is 5.73 Å². The number of carbonyl (C=O) groups is 2. The van der Waals surface area contributed by atoms with Gasteiger partial charge in [0.1, 0.15) is 17.4 Å². The second-order valence-electron chi connectivity index (χ2n) is 5.59. The van der Waals surface area contributed by atoms with Gasteiger partial charge in [-0.05, 0) is 48.9 Å². The second-order valence-corrected chi connectivity index (χ2v) is 5.59. The summed E-state index contributed by atoms with van der Waals surface area (Å²) in [5.41, 5.74) is 7.45. The number of aromatic hydroxyl groups is 1. The quantitative estimate of drug-likeness (QED) is 0.339. The summed E-state index contributed by atoms with van der Waals surface area (Å²) >= 11 is 0. The summed E-state index contributed by atoms with van der Waals surface area (Å²) in [7, 11) is 0. The molecule has 0 unspecified atom stereocenters. The first-order valence-corrected chi connectivity index (χ1v) is 7.70. The molecular weight excluding hydrogens is 332 g/mol. The van der Waals surface area contributed by atoms with E-state index < -0.39 is 5.91 Å². The average molecular weight is 350 g/mol. The summed E-state index contributed by atoms with van der Waals surface area (Å²) in [5.74, 6) is -0.977. The highest BCUT2D eigenvalue weighted by Gasteiger charge is 2.16. The third-order valence-electron chi connectivity index (χ3n) is 3.57. The highest BCUT2D eigenvalue weighted by atomic mass is 16.3. The SMILES string of the molecule is CC(=O)N(/C=C(/C#N)C(=O)Nc1ccc(O)cc1C)c1cccc(N)c1. The van der Waals surface area contributed by atoms with E-state index in [1.807, 2.05) is 0 Å². The summed E-state index contributed by atoms with van der Waals surface area (Å²) in [6.45, 7) is 3.02. The maximum atomic E-state index is 12.4. The number of amides is 2. The average Bonchev–Trinajstić information content (AvgIpc) is 2.57. The van der Waals surface area contributed by atoms with Gasteiger partial charge in [0.25, 0.3) is 5.91 Å². The van der Waals surface area contributed by atoms with Crippen molar-refractivity contribution in [2.24, 2.45) is 0 Å². The molecule has 2 amide bonds. The van der Waals surface area contributed by atoms with Crippen molar-refractivity contribution < 1.29 is 14.7 Å². The molecule has 7 nitrogen and oxygen atoms in total. The number of nitrogens with two attached hydrogens (primary N) is 1. The lowest BCUT2D eigenvalue weighted by molar-refractivity contribution is -0.116. The van der Waals surface area contributed by atoms with Crippen molar-refractivity contribution in [3.05, 3.63) is 59.8 Å². The lowest BCUT2D eigenvalue weighted by atomic mass is 10.1. The van der Waals surface area contributed by atoms with Crippen molar-refractivity contribution in [2.75, 3.05) is 16.0 Å². The molecule has 0 aromatic heterocycles. The molecule has 2 rings (SSSR count). The molecule has 0 radical (unpaired) electrons. The number of hydrogen-bond donors (Lipinski definition) is 3. The van der Waals surface area contributed by atoms with E-state index in [0.717, 1.165) is 0 Å². The van der Waals surface area contributed by atoms with Gasteiger partial charge in [-0.25, -0.2) is 0 Å². The van der Waals surface area contributed by atoms with Gasteiger partial charge in [-0.3, -0.25) is 14.5 Å². The maximum Gasteiger partial charge on any atom is 0.267 e. The minimum atomic E-state index is -0.670. The van der Waals surface area contributed by atoms with E-state index >= 15 is 0 Å². The Morgan fingerprint density at radius 2 is 2.00 bits per heavy atom. The van der Waals surface area contributed by atoms with Crippen LogP contribution in [0.15, 0.2) is 54.2 Å². The number of hydrogen-bond acceptors (Lipinski definition) is 5. The van der Waals surface area contributed by atoms with Gasteiger partial charge in [0.15, 0.2) is 0 Å². The highest BCUT2D eigenvalue weighted by Crippen LogP contribution is 2.22. The molecular formula is C19H18N4O3. The van der Waals surface area contributed by atoms with Crippen LogP contribution in [0.3, 0.4) is 0 Å². The van der Waals surface area contributed by atoms with E-state index in [1.54, 1.807) is 37.3 Å². The fourth-order valence-electron chi connectivity index (χ4n) is 2.27. The topological polar surface area (TPSA) is 119 Å². The van der Waals surface area contributed by atoms with Crippen molar-refractivity contribution in [1.82, 2.24) is 0 Å². The third-order valence-corrected chi connectivity index (χ3v) is 3.57. The van der Waals surface area contributed by atoms with Crippen LogP contribution in [-0.4, -0.2) is 16.9 Å². The normalized spacial score (nSPS) is 10.7. The Morgan fingerprint density at radius 1 is 1.27 bits per heavy atom. The Labute approximate surface area is 151 Å². The standard InChI is InChI=1S/C19H18N4O3/c1-12-8-17(25)6-7-18(12)22-19(26)14(10-20)11-23(13(2)24)16-5-3-4-15(21)9-16/h3-9,11,25H,21H2,1-2H3,(H,22,26)/b14-11-. The Hall–Kier alpha value is -3.79. The number of carbonyl (C=O) groups excluding carboxylic acids is 2. The summed E-state index contributed by atoms with van der Waals surface area (Å²) in [4.78, 5) is 25.5. The van der Waals surface area contributed by atoms with Crippen LogP contribution in [0.1, 0.15) is 12.5 Å². The number of nitrogen functional groups attached to an aromatic ring is 1. The van der Waals surface area contributed by atoms with Gasteiger partial charge >= 0.3 is 0 Å². The van der Waals surface area contributed by atoms with Crippen LogP contribution in [0.25, 0.3) is 0 Å². The number of phenols is 1. The first kappa shape index (κ1) is 18.5. The van der Waals surface area contributed by atoms with Gasteiger partial charge in [0.05, 0.1) is 5.69 Å². The summed E-state index contributed by atoms with van der Waals surface area (Å²) in [6.07, 6.45) is 1.17. The molecule has 0 fully saturated rings. The van der Waals surface area contributed by atoms with Crippen LogP contribution in [0.4, 0.5) is 17.1 Å². The van der Waals surface area contributed by atoms with Crippen molar-refractivity contribution in [1.29, 1.82) is 5.26 Å². The van der Waals surface area contributed by atoms with Crippen LogP contribution in [0, 0.1) is 18.3 Å². The van der Waals surface area contributed by atoms with Crippen molar-refractivity contribution in [2.45, 2.75) is 13.8 Å². The van der Waals surface area contributed by atoms with Crippen molar-refractivity contribution in [3.63, 3.8) is 0 Å². The molecule has 0 atom stereocenters. The van der Waals surface area contributed by atoms with Crippen molar-refractivity contribution in [3.8, 4) is 11.8 Å². The van der Waals surface area contributed by atoms with Gasteiger partial charge in [-0.1, -0.05) is 6.07 Å². The monoisotopic (exact) mass is 350 g/mol. The molecule has 0 aliphatic carbocycles. The zero-order chi connectivity index (χ0) is 19.3. The van der Waals surface area contributed by atoms with Crippen LogP contribution in [-0.2, 0) is 9.59 Å². The number of aryl methyl sites for hydroxylation is 1. The summed E-state index contributed by atoms with van der Waals surface area (Å²) < 4.78 is 0. The molecule has 0 spiro atoms. The number of nitrogens with one attached hydrogen (secondary N) is 1. The molecule has 0 saturated heterocycles. The van der Waals surface area contributed by atoms with Crippen molar-refractivity contribution >= 4 is 28.9 Å². The number of anilines is 3. The zero-order valence-electron chi connectivity index (χ0n) is 14.4. The lowest BCUT2D eigenvalue weighted by Gasteiger charge is -2.17. The first-order valence-electron chi connectivity index (χ1n) is 7.70. The van der Waals surface area contributed by atoms with Gasteiger partial charge in [-0.2, -0.15) is 5.26 Å². The molecule has 0 heterocycles. The van der Waals surface area contributed by atoms with Gasteiger partial charge in [0, 0.05) is 24.5 Å². The number of benzene rings is 2. The van der Waals surface area contributed by atoms with E-state index in [1.165, 1.54) is 36.2 Å². The number of nitriles is 1. The van der Waals surface area contributed by atoms with Crippen LogP contribution in [0.5, 0.6) is 5.75 Å². The number of rotatable bonds is 4. The lowest BCUT2D eigenvalue weighted by Crippen LogP contribution is -2.25. The maximum absolute atomic E-state index is 12.4. The minimum absolute atomic E-state index is 0.0703. The summed E-state index contributed by atoms with van der Waals surface area (Å²) in [5, 5.41) is 21.4. The second kappa shape index (κ2) is 7.85. The van der Waals surface area contributed by atoms with E-state index in [2.05, 4.69) is 5.32 Å². The van der Waals surface area contributed by atoms with Gasteiger partial charge in [-0.15, -0.1) is 0 Å². The molecule has 7 heteroatoms. The first-order chi connectivity index (χ1) is 12.3. The number of phenolic OH excluding ortho intramolecular Hbond substituents is 1. The van der Waals surface area contributed by atoms with E-state index in [9.17, 15) is 20.0 Å². The molecule has 2 aromatic rings. The molecule has 0 saturated carbocycles. The molecule has 0 aliphatic rings. The van der Waals surface area contributed by atoms with Gasteiger partial charge < -0.3 is 16.2 Å². The molecule has 0 aliphatic heterocycles.